The summed E-state index contributed by atoms with van der Waals surface area (Å²) in [5, 5.41) is 0. The van der Waals surface area contributed by atoms with Gasteiger partial charge in [-0.3, -0.25) is 0 Å². The van der Waals surface area contributed by atoms with E-state index in [0.29, 0.717) is 34.3 Å². The molecule has 0 bridgehead atoms. The van der Waals surface area contributed by atoms with E-state index in [2.05, 4.69) is 9.97 Å². The molecule has 0 aliphatic carbocycles. The van der Waals surface area contributed by atoms with Crippen molar-refractivity contribution in [2.24, 2.45) is 0 Å². The van der Waals surface area contributed by atoms with Crippen molar-refractivity contribution in [1.82, 2.24) is 9.97 Å². The topological polar surface area (TPSA) is 62.7 Å². The van der Waals surface area contributed by atoms with Gasteiger partial charge in [-0.05, 0) is 36.4 Å². The number of halogens is 1. The average Bonchev–Trinajstić information content (AvgIpc) is 2.72. The molecule has 0 radical (unpaired) electrons. The first-order valence-electron chi connectivity index (χ1n) is 8.08. The molecule has 0 saturated carbocycles. The van der Waals surface area contributed by atoms with Gasteiger partial charge in [0.1, 0.15) is 0 Å². The number of methoxy groups -OCH3 is 4. The highest BCUT2D eigenvalue weighted by Crippen LogP contribution is 2.41. The molecule has 0 N–H and O–H groups in total. The monoisotopic (exact) mass is 370 g/mol. The molecule has 6 nitrogen and oxygen atoms in total. The summed E-state index contributed by atoms with van der Waals surface area (Å²) in [5.74, 6) is 1.61. The molecule has 0 unspecified atom stereocenters. The third kappa shape index (κ3) is 3.62. The second-order valence-electron chi connectivity index (χ2n) is 5.53. The first-order chi connectivity index (χ1) is 13.1. The van der Waals surface area contributed by atoms with Gasteiger partial charge < -0.3 is 18.9 Å². The molecule has 1 heterocycles. The van der Waals surface area contributed by atoms with E-state index < -0.39 is 5.82 Å². The van der Waals surface area contributed by atoms with Crippen molar-refractivity contribution in [1.29, 1.82) is 0 Å². The Morgan fingerprint density at radius 1 is 0.741 bits per heavy atom. The minimum atomic E-state index is -0.475. The quantitative estimate of drug-likeness (QED) is 0.654. The number of nitrogens with zero attached hydrogens (tertiary/aromatic N) is 2. The van der Waals surface area contributed by atoms with Crippen molar-refractivity contribution in [3.05, 3.63) is 48.4 Å². The van der Waals surface area contributed by atoms with Gasteiger partial charge in [0.2, 0.25) is 5.75 Å². The summed E-state index contributed by atoms with van der Waals surface area (Å²) in [4.78, 5) is 8.79. The van der Waals surface area contributed by atoms with Crippen LogP contribution in [0.1, 0.15) is 0 Å². The van der Waals surface area contributed by atoms with Crippen LogP contribution in [0.2, 0.25) is 0 Å². The molecule has 0 atom stereocenters. The molecule has 0 aliphatic rings. The highest BCUT2D eigenvalue weighted by molar-refractivity contribution is 5.70. The van der Waals surface area contributed by atoms with Crippen molar-refractivity contribution in [2.75, 3.05) is 28.4 Å². The Balaban J connectivity index is 2.07. The molecule has 0 saturated heterocycles. The van der Waals surface area contributed by atoms with Crippen LogP contribution in [0.15, 0.2) is 42.6 Å². The fraction of sp³-hybridized carbons (Fsp3) is 0.200. The second kappa shape index (κ2) is 7.90. The van der Waals surface area contributed by atoms with Gasteiger partial charge in [-0.1, -0.05) is 0 Å². The normalized spacial score (nSPS) is 10.4. The van der Waals surface area contributed by atoms with E-state index >= 15 is 0 Å². The van der Waals surface area contributed by atoms with Crippen LogP contribution in [0.3, 0.4) is 0 Å². The maximum Gasteiger partial charge on any atom is 0.203 e. The van der Waals surface area contributed by atoms with Crippen LogP contribution in [-0.4, -0.2) is 38.4 Å². The van der Waals surface area contributed by atoms with Crippen LogP contribution in [0.25, 0.3) is 22.6 Å². The summed E-state index contributed by atoms with van der Waals surface area (Å²) in [6.07, 6.45) is 1.61. The predicted molar refractivity (Wildman–Crippen MR) is 99.1 cm³/mol. The predicted octanol–water partition coefficient (Wildman–Crippen LogP) is 3.98. The first kappa shape index (κ1) is 18.4. The number of aromatic nitrogens is 2. The highest BCUT2D eigenvalue weighted by atomic mass is 19.1. The molecular weight excluding hydrogens is 351 g/mol. The third-order valence-electron chi connectivity index (χ3n) is 4.03. The molecular formula is C20H19FN2O4. The van der Waals surface area contributed by atoms with E-state index in [0.717, 1.165) is 5.56 Å². The number of hydrogen-bond donors (Lipinski definition) is 0. The fourth-order valence-corrected chi connectivity index (χ4v) is 2.69. The molecule has 27 heavy (non-hydrogen) atoms. The van der Waals surface area contributed by atoms with E-state index in [-0.39, 0.29) is 5.75 Å². The molecule has 0 aliphatic heterocycles. The molecule has 2 aromatic carbocycles. The average molecular weight is 370 g/mol. The second-order valence-corrected chi connectivity index (χ2v) is 5.53. The van der Waals surface area contributed by atoms with E-state index in [1.165, 1.54) is 13.2 Å². The van der Waals surface area contributed by atoms with Crippen LogP contribution in [-0.2, 0) is 0 Å². The van der Waals surface area contributed by atoms with Crippen molar-refractivity contribution in [2.45, 2.75) is 0 Å². The first-order valence-corrected chi connectivity index (χ1v) is 8.08. The maximum absolute atomic E-state index is 14.0. The van der Waals surface area contributed by atoms with Crippen molar-refractivity contribution in [3.8, 4) is 45.6 Å². The Morgan fingerprint density at radius 3 is 1.96 bits per heavy atom. The zero-order valence-corrected chi connectivity index (χ0v) is 15.4. The number of rotatable bonds is 6. The van der Waals surface area contributed by atoms with E-state index in [9.17, 15) is 4.39 Å². The number of benzene rings is 2. The summed E-state index contributed by atoms with van der Waals surface area (Å²) >= 11 is 0. The van der Waals surface area contributed by atoms with Crippen LogP contribution < -0.4 is 18.9 Å². The number of hydrogen-bond acceptors (Lipinski definition) is 6. The van der Waals surface area contributed by atoms with Gasteiger partial charge in [-0.15, -0.1) is 0 Å². The molecule has 1 aromatic heterocycles. The lowest BCUT2D eigenvalue weighted by Gasteiger charge is -2.14. The zero-order chi connectivity index (χ0) is 19.4. The lowest BCUT2D eigenvalue weighted by atomic mass is 10.1. The Bertz CT molecular complexity index is 937. The summed E-state index contributed by atoms with van der Waals surface area (Å²) in [5.41, 5.74) is 1.93. The highest BCUT2D eigenvalue weighted by Gasteiger charge is 2.15. The van der Waals surface area contributed by atoms with Gasteiger partial charge in [-0.2, -0.15) is 0 Å². The molecule has 0 spiro atoms. The van der Waals surface area contributed by atoms with Crippen LogP contribution in [0, 0.1) is 5.82 Å². The largest absolute Gasteiger partial charge is 0.494 e. The Morgan fingerprint density at radius 2 is 1.41 bits per heavy atom. The lowest BCUT2D eigenvalue weighted by Crippen LogP contribution is -1.97. The fourth-order valence-electron chi connectivity index (χ4n) is 2.69. The minimum absolute atomic E-state index is 0.166. The van der Waals surface area contributed by atoms with Crippen LogP contribution in [0.4, 0.5) is 4.39 Å². The van der Waals surface area contributed by atoms with Crippen molar-refractivity contribution >= 4 is 0 Å². The molecule has 3 rings (SSSR count). The van der Waals surface area contributed by atoms with E-state index in [1.54, 1.807) is 57.9 Å². The smallest absolute Gasteiger partial charge is 0.203 e. The zero-order valence-electron chi connectivity index (χ0n) is 15.4. The Hall–Kier alpha value is -3.35. The van der Waals surface area contributed by atoms with Crippen molar-refractivity contribution < 1.29 is 23.3 Å². The summed E-state index contributed by atoms with van der Waals surface area (Å²) in [6.45, 7) is 0. The van der Waals surface area contributed by atoms with Gasteiger partial charge in [0.25, 0.3) is 0 Å². The van der Waals surface area contributed by atoms with Crippen LogP contribution >= 0.6 is 0 Å². The summed E-state index contributed by atoms with van der Waals surface area (Å²) in [6, 6.07) is 9.93. The van der Waals surface area contributed by atoms with E-state index in [4.69, 9.17) is 18.9 Å². The van der Waals surface area contributed by atoms with Gasteiger partial charge in [0.05, 0.1) is 34.1 Å². The standard InChI is InChI=1S/C20H19FN2O4/c1-24-16-6-5-12(9-14(16)21)20-22-8-7-15(23-20)13-10-17(25-2)19(27-4)18(11-13)26-3/h5-11H,1-4H3. The third-order valence-corrected chi connectivity index (χ3v) is 4.03. The van der Waals surface area contributed by atoms with E-state index in [1.807, 2.05) is 0 Å². The SMILES string of the molecule is COc1ccc(-c2nccc(-c3cc(OC)c(OC)c(OC)c3)n2)cc1F. The van der Waals surface area contributed by atoms with Gasteiger partial charge in [0, 0.05) is 17.3 Å². The Kier molecular flexibility index (Phi) is 5.40. The molecule has 7 heteroatoms. The molecule has 0 amide bonds. The van der Waals surface area contributed by atoms with Crippen LogP contribution in [0.5, 0.6) is 23.0 Å². The van der Waals surface area contributed by atoms with Gasteiger partial charge in [0.15, 0.2) is 28.9 Å². The minimum Gasteiger partial charge on any atom is -0.494 e. The summed E-state index contributed by atoms with van der Waals surface area (Å²) < 4.78 is 35.1. The molecule has 0 fully saturated rings. The molecule has 140 valence electrons. The Labute approximate surface area is 156 Å². The van der Waals surface area contributed by atoms with Gasteiger partial charge in [-0.25, -0.2) is 14.4 Å². The number of ether oxygens (including phenoxy) is 4. The maximum atomic E-state index is 14.0. The van der Waals surface area contributed by atoms with Crippen molar-refractivity contribution in [3.63, 3.8) is 0 Å². The molecule has 3 aromatic rings. The van der Waals surface area contributed by atoms with Gasteiger partial charge >= 0.3 is 0 Å². The summed E-state index contributed by atoms with van der Waals surface area (Å²) in [7, 11) is 6.06. The lowest BCUT2D eigenvalue weighted by molar-refractivity contribution is 0.324.